The Labute approximate surface area is 93.4 Å². The summed E-state index contributed by atoms with van der Waals surface area (Å²) in [7, 11) is 0. The van der Waals surface area contributed by atoms with Gasteiger partial charge in [-0.3, -0.25) is 4.98 Å². The molecule has 2 aromatic rings. The molecule has 66 valence electrons. The summed E-state index contributed by atoms with van der Waals surface area (Å²) in [5.74, 6) is 0. The van der Waals surface area contributed by atoms with Crippen LogP contribution in [0.4, 0.5) is 0 Å². The lowest BCUT2D eigenvalue weighted by Gasteiger charge is -2.03. The molecule has 0 spiro atoms. The number of aromatic nitrogens is 1. The van der Waals surface area contributed by atoms with Gasteiger partial charge < -0.3 is 0 Å². The maximum atomic E-state index is 4.31. The van der Waals surface area contributed by atoms with E-state index in [9.17, 15) is 0 Å². The van der Waals surface area contributed by atoms with Gasteiger partial charge in [0.15, 0.2) is 0 Å². The lowest BCUT2D eigenvalue weighted by Crippen LogP contribution is -1.83. The van der Waals surface area contributed by atoms with E-state index in [4.69, 9.17) is 0 Å². The van der Waals surface area contributed by atoms with Crippen molar-refractivity contribution < 1.29 is 0 Å². The highest BCUT2D eigenvalue weighted by atomic mass is 79.9. The van der Waals surface area contributed by atoms with Gasteiger partial charge in [-0.2, -0.15) is 0 Å². The molecule has 0 N–H and O–H groups in total. The van der Waals surface area contributed by atoms with Crippen molar-refractivity contribution >= 4 is 42.8 Å². The molecule has 0 atom stereocenters. The lowest BCUT2D eigenvalue weighted by molar-refractivity contribution is 1.36. The van der Waals surface area contributed by atoms with Crippen LogP contribution in [0.25, 0.3) is 10.9 Å². The largest absolute Gasteiger partial charge is 0.255 e. The summed E-state index contributed by atoms with van der Waals surface area (Å²) in [6.45, 7) is 2.08. The molecule has 1 aromatic carbocycles. The minimum atomic E-state index is 1.02. The van der Waals surface area contributed by atoms with Crippen molar-refractivity contribution in [2.75, 3.05) is 0 Å². The molecule has 3 heteroatoms. The van der Waals surface area contributed by atoms with E-state index in [1.807, 2.05) is 18.3 Å². The van der Waals surface area contributed by atoms with Gasteiger partial charge in [0.25, 0.3) is 0 Å². The van der Waals surface area contributed by atoms with Crippen molar-refractivity contribution in [1.29, 1.82) is 0 Å². The number of benzene rings is 1. The van der Waals surface area contributed by atoms with E-state index >= 15 is 0 Å². The number of nitrogens with zero attached hydrogens (tertiary/aromatic N) is 1. The topological polar surface area (TPSA) is 12.9 Å². The van der Waals surface area contributed by atoms with Gasteiger partial charge >= 0.3 is 0 Å². The van der Waals surface area contributed by atoms with Crippen LogP contribution in [-0.2, 0) is 0 Å². The number of hydrogen-bond donors (Lipinski definition) is 0. The van der Waals surface area contributed by atoms with Crippen LogP contribution in [0.1, 0.15) is 5.56 Å². The van der Waals surface area contributed by atoms with Crippen LogP contribution in [0, 0.1) is 6.92 Å². The fraction of sp³-hybridized carbons (Fsp3) is 0.100. The Kier molecular flexibility index (Phi) is 2.39. The van der Waals surface area contributed by atoms with E-state index in [2.05, 4.69) is 49.8 Å². The average Bonchev–Trinajstić information content (AvgIpc) is 2.12. The molecular formula is C10H7Br2N. The molecule has 0 bridgehead atoms. The molecular weight excluding hydrogens is 294 g/mol. The quantitative estimate of drug-likeness (QED) is 0.715. The average molecular weight is 301 g/mol. The van der Waals surface area contributed by atoms with Crippen molar-refractivity contribution in [3.05, 3.63) is 38.9 Å². The third-order valence-corrected chi connectivity index (χ3v) is 3.33. The fourth-order valence-electron chi connectivity index (χ4n) is 1.29. The van der Waals surface area contributed by atoms with E-state index in [0.717, 1.165) is 14.5 Å². The van der Waals surface area contributed by atoms with E-state index in [0.29, 0.717) is 0 Å². The molecule has 2 rings (SSSR count). The van der Waals surface area contributed by atoms with Gasteiger partial charge in [0.05, 0.1) is 5.52 Å². The Morgan fingerprint density at radius 1 is 1.23 bits per heavy atom. The summed E-state index contributed by atoms with van der Waals surface area (Å²) in [4.78, 5) is 4.31. The molecule has 0 aliphatic heterocycles. The summed E-state index contributed by atoms with van der Waals surface area (Å²) >= 11 is 6.91. The SMILES string of the molecule is Cc1c(Br)ccc2ncc(Br)cc12. The smallest absolute Gasteiger partial charge is 0.0706 e. The van der Waals surface area contributed by atoms with Gasteiger partial charge in [-0.1, -0.05) is 15.9 Å². The van der Waals surface area contributed by atoms with Crippen LogP contribution in [0.15, 0.2) is 33.3 Å². The third-order valence-electron chi connectivity index (χ3n) is 2.03. The van der Waals surface area contributed by atoms with Crippen LogP contribution >= 0.6 is 31.9 Å². The first-order chi connectivity index (χ1) is 6.18. The number of fused-ring (bicyclic) bond motifs is 1. The summed E-state index contributed by atoms with van der Waals surface area (Å²) in [5, 5.41) is 1.18. The van der Waals surface area contributed by atoms with Gasteiger partial charge in [0.1, 0.15) is 0 Å². The van der Waals surface area contributed by atoms with Gasteiger partial charge in [-0.15, -0.1) is 0 Å². The van der Waals surface area contributed by atoms with E-state index < -0.39 is 0 Å². The predicted octanol–water partition coefficient (Wildman–Crippen LogP) is 4.07. The zero-order valence-corrected chi connectivity index (χ0v) is 10.2. The van der Waals surface area contributed by atoms with Gasteiger partial charge in [-0.05, 0) is 46.6 Å². The molecule has 1 nitrogen and oxygen atoms in total. The summed E-state index contributed by atoms with van der Waals surface area (Å²) < 4.78 is 2.14. The first-order valence-corrected chi connectivity index (χ1v) is 5.47. The van der Waals surface area contributed by atoms with E-state index in [1.165, 1.54) is 10.9 Å². The Bertz CT molecular complexity index is 460. The Hall–Kier alpha value is -0.410. The number of hydrogen-bond acceptors (Lipinski definition) is 1. The molecule has 0 amide bonds. The first kappa shape index (κ1) is 9.16. The first-order valence-electron chi connectivity index (χ1n) is 3.89. The van der Waals surface area contributed by atoms with Crippen molar-refractivity contribution in [1.82, 2.24) is 4.98 Å². The van der Waals surface area contributed by atoms with E-state index in [-0.39, 0.29) is 0 Å². The standard InChI is InChI=1S/C10H7Br2N/c1-6-8-4-7(11)5-13-10(8)3-2-9(6)12/h2-5H,1H3. The molecule has 0 radical (unpaired) electrons. The number of pyridine rings is 1. The van der Waals surface area contributed by atoms with Crippen molar-refractivity contribution in [2.45, 2.75) is 6.92 Å². The summed E-state index contributed by atoms with van der Waals surface area (Å²) in [6.07, 6.45) is 1.82. The minimum absolute atomic E-state index is 1.02. The molecule has 13 heavy (non-hydrogen) atoms. The second-order valence-corrected chi connectivity index (χ2v) is 4.66. The van der Waals surface area contributed by atoms with E-state index in [1.54, 1.807) is 0 Å². The van der Waals surface area contributed by atoms with Gasteiger partial charge in [0, 0.05) is 20.5 Å². The maximum absolute atomic E-state index is 4.31. The molecule has 0 fully saturated rings. The fourth-order valence-corrected chi connectivity index (χ4v) is 1.97. The molecule has 1 aromatic heterocycles. The second kappa shape index (κ2) is 3.39. The highest BCUT2D eigenvalue weighted by molar-refractivity contribution is 9.10. The molecule has 0 unspecified atom stereocenters. The van der Waals surface area contributed by atoms with Gasteiger partial charge in [-0.25, -0.2) is 0 Å². The highest BCUT2D eigenvalue weighted by Crippen LogP contribution is 2.26. The lowest BCUT2D eigenvalue weighted by atomic mass is 10.1. The zero-order chi connectivity index (χ0) is 9.42. The van der Waals surface area contributed by atoms with Crippen LogP contribution in [0.5, 0.6) is 0 Å². The molecule has 0 aliphatic carbocycles. The molecule has 0 saturated heterocycles. The van der Waals surface area contributed by atoms with Crippen molar-refractivity contribution in [2.24, 2.45) is 0 Å². The summed E-state index contributed by atoms with van der Waals surface area (Å²) in [5.41, 5.74) is 2.26. The van der Waals surface area contributed by atoms with Crippen LogP contribution in [0.2, 0.25) is 0 Å². The van der Waals surface area contributed by atoms with Crippen LogP contribution in [0.3, 0.4) is 0 Å². The zero-order valence-electron chi connectivity index (χ0n) is 7.01. The van der Waals surface area contributed by atoms with Crippen molar-refractivity contribution in [3.8, 4) is 0 Å². The van der Waals surface area contributed by atoms with Gasteiger partial charge in [0.2, 0.25) is 0 Å². The maximum Gasteiger partial charge on any atom is 0.0706 e. The highest BCUT2D eigenvalue weighted by Gasteiger charge is 2.02. The van der Waals surface area contributed by atoms with Crippen molar-refractivity contribution in [3.63, 3.8) is 0 Å². The van der Waals surface area contributed by atoms with Crippen LogP contribution < -0.4 is 0 Å². The monoisotopic (exact) mass is 299 g/mol. The molecule has 1 heterocycles. The number of rotatable bonds is 0. The Morgan fingerprint density at radius 2 is 2.00 bits per heavy atom. The Balaban J connectivity index is 2.89. The number of aryl methyl sites for hydroxylation is 1. The predicted molar refractivity (Wildman–Crippen MR) is 61.9 cm³/mol. The summed E-state index contributed by atoms with van der Waals surface area (Å²) in [6, 6.07) is 6.12. The normalized spacial score (nSPS) is 10.7. The molecule has 0 aliphatic rings. The molecule has 0 saturated carbocycles. The third kappa shape index (κ3) is 1.63. The van der Waals surface area contributed by atoms with Crippen LogP contribution in [-0.4, -0.2) is 4.98 Å². The Morgan fingerprint density at radius 3 is 2.77 bits per heavy atom. The number of halogens is 2. The minimum Gasteiger partial charge on any atom is -0.255 e. The second-order valence-electron chi connectivity index (χ2n) is 2.89.